The molecule has 0 aliphatic carbocycles. The summed E-state index contributed by atoms with van der Waals surface area (Å²) in [6.07, 6.45) is 2.30. The number of carbonyl (C=O) groups is 3. The van der Waals surface area contributed by atoms with Crippen molar-refractivity contribution < 1.29 is 23.9 Å². The van der Waals surface area contributed by atoms with E-state index in [0.717, 1.165) is 11.1 Å². The Kier molecular flexibility index (Phi) is 7.50. The number of esters is 1. The van der Waals surface area contributed by atoms with Crippen LogP contribution in [0.2, 0.25) is 0 Å². The average molecular weight is 468 g/mol. The molecule has 0 unspecified atom stereocenters. The second-order valence-corrected chi connectivity index (χ2v) is 8.68. The number of benzene rings is 1. The minimum Gasteiger partial charge on any atom is -0.480 e. The van der Waals surface area contributed by atoms with Crippen LogP contribution in [0.25, 0.3) is 22.0 Å². The number of hydrogen-bond donors (Lipinski definition) is 3. The van der Waals surface area contributed by atoms with Gasteiger partial charge in [0, 0.05) is 37.0 Å². The highest BCUT2D eigenvalue weighted by Crippen LogP contribution is 2.30. The first-order chi connectivity index (χ1) is 16.1. The van der Waals surface area contributed by atoms with E-state index >= 15 is 0 Å². The van der Waals surface area contributed by atoms with E-state index in [9.17, 15) is 14.4 Å². The van der Waals surface area contributed by atoms with Crippen LogP contribution in [0.3, 0.4) is 0 Å². The van der Waals surface area contributed by atoms with Gasteiger partial charge in [-0.3, -0.25) is 19.5 Å². The van der Waals surface area contributed by atoms with Gasteiger partial charge in [0.25, 0.3) is 5.91 Å². The number of rotatable bonds is 8. The van der Waals surface area contributed by atoms with Gasteiger partial charge in [-0.1, -0.05) is 6.07 Å². The fourth-order valence-corrected chi connectivity index (χ4v) is 3.35. The Hall–Kier alpha value is -3.95. The van der Waals surface area contributed by atoms with E-state index in [4.69, 9.17) is 9.47 Å². The summed E-state index contributed by atoms with van der Waals surface area (Å²) < 4.78 is 10.5. The van der Waals surface area contributed by atoms with E-state index < -0.39 is 5.60 Å². The van der Waals surface area contributed by atoms with Gasteiger partial charge in [0.2, 0.25) is 11.8 Å². The van der Waals surface area contributed by atoms with Gasteiger partial charge in [-0.2, -0.15) is 5.10 Å². The summed E-state index contributed by atoms with van der Waals surface area (Å²) >= 11 is 0. The largest absolute Gasteiger partial charge is 0.480 e. The van der Waals surface area contributed by atoms with Gasteiger partial charge in [-0.15, -0.1) is 0 Å². The van der Waals surface area contributed by atoms with Crippen LogP contribution in [-0.4, -0.2) is 52.7 Å². The number of anilines is 1. The lowest BCUT2D eigenvalue weighted by Crippen LogP contribution is -2.24. The third-order valence-corrected chi connectivity index (χ3v) is 4.86. The van der Waals surface area contributed by atoms with Crippen LogP contribution in [-0.2, 0) is 14.3 Å². The Balaban J connectivity index is 1.72. The number of aromatic nitrogens is 3. The molecule has 0 radical (unpaired) electrons. The molecule has 3 aromatic rings. The molecule has 3 N–H and O–H groups in total. The van der Waals surface area contributed by atoms with Crippen LogP contribution in [0.5, 0.6) is 5.88 Å². The molecule has 0 aliphatic heterocycles. The van der Waals surface area contributed by atoms with Crippen LogP contribution in [0.4, 0.5) is 5.69 Å². The average Bonchev–Trinajstić information content (AvgIpc) is 3.20. The zero-order valence-corrected chi connectivity index (χ0v) is 19.9. The number of fused-ring (bicyclic) bond motifs is 1. The number of nitrogens with zero attached hydrogens (tertiary/aromatic N) is 2. The summed E-state index contributed by atoms with van der Waals surface area (Å²) in [6, 6.07) is 7.26. The Labute approximate surface area is 197 Å². The molecule has 2 amide bonds. The van der Waals surface area contributed by atoms with E-state index in [1.807, 2.05) is 12.1 Å². The number of ether oxygens (including phenoxy) is 2. The number of amides is 2. The standard InChI is InChI=1S/C24H29N5O5/c1-24(2,3)34-20(31)8-6-7-19(30)27-18-12-15(13-26-23(18)33-5)14-9-10-16-17(11-14)28-29-21(16)22(32)25-4/h9-13H,6-8H2,1-5H3,(H,25,32)(H,27,30)(H,28,29). The zero-order chi connectivity index (χ0) is 24.9. The Bertz CT molecular complexity index is 1210. The van der Waals surface area contributed by atoms with E-state index in [1.54, 1.807) is 46.1 Å². The molecule has 1 aromatic carbocycles. The molecule has 0 fully saturated rings. The second kappa shape index (κ2) is 10.3. The summed E-state index contributed by atoms with van der Waals surface area (Å²) in [5.41, 5.74) is 2.43. The highest BCUT2D eigenvalue weighted by atomic mass is 16.6. The molecule has 0 spiro atoms. The second-order valence-electron chi connectivity index (χ2n) is 8.68. The molecule has 10 nitrogen and oxygen atoms in total. The predicted molar refractivity (Wildman–Crippen MR) is 128 cm³/mol. The molecule has 3 rings (SSSR count). The first-order valence-corrected chi connectivity index (χ1v) is 10.9. The van der Waals surface area contributed by atoms with Gasteiger partial charge >= 0.3 is 5.97 Å². The van der Waals surface area contributed by atoms with Crippen molar-refractivity contribution in [1.29, 1.82) is 0 Å². The molecule has 34 heavy (non-hydrogen) atoms. The SMILES string of the molecule is CNC(=O)c1n[nH]c2cc(-c3cnc(OC)c(NC(=O)CCCC(=O)OC(C)(C)C)c3)ccc12. The molecule has 0 saturated carbocycles. The zero-order valence-electron chi connectivity index (χ0n) is 19.9. The van der Waals surface area contributed by atoms with Crippen molar-refractivity contribution >= 4 is 34.4 Å². The van der Waals surface area contributed by atoms with Gasteiger partial charge < -0.3 is 20.1 Å². The van der Waals surface area contributed by atoms with E-state index in [0.29, 0.717) is 28.7 Å². The third-order valence-electron chi connectivity index (χ3n) is 4.86. The Morgan fingerprint density at radius 3 is 2.53 bits per heavy atom. The number of nitrogens with one attached hydrogen (secondary N) is 3. The maximum absolute atomic E-state index is 12.5. The summed E-state index contributed by atoms with van der Waals surface area (Å²) in [4.78, 5) is 40.6. The van der Waals surface area contributed by atoms with Gasteiger partial charge in [-0.25, -0.2) is 4.98 Å². The highest BCUT2D eigenvalue weighted by Gasteiger charge is 2.17. The monoisotopic (exact) mass is 467 g/mol. The van der Waals surface area contributed by atoms with Crippen LogP contribution >= 0.6 is 0 Å². The maximum atomic E-state index is 12.5. The lowest BCUT2D eigenvalue weighted by Gasteiger charge is -2.19. The van der Waals surface area contributed by atoms with E-state index in [1.165, 1.54) is 7.11 Å². The Morgan fingerprint density at radius 2 is 1.85 bits per heavy atom. The van der Waals surface area contributed by atoms with E-state index in [2.05, 4.69) is 25.8 Å². The summed E-state index contributed by atoms with van der Waals surface area (Å²) in [5.74, 6) is -0.606. The molecule has 0 aliphatic rings. The van der Waals surface area contributed by atoms with Gasteiger partial charge in [0.05, 0.1) is 12.6 Å². The van der Waals surface area contributed by atoms with Crippen molar-refractivity contribution in [2.75, 3.05) is 19.5 Å². The number of methoxy groups -OCH3 is 1. The maximum Gasteiger partial charge on any atom is 0.306 e. The fourth-order valence-electron chi connectivity index (χ4n) is 3.35. The summed E-state index contributed by atoms with van der Waals surface area (Å²) in [6.45, 7) is 5.40. The van der Waals surface area contributed by atoms with Crippen LogP contribution in [0.1, 0.15) is 50.5 Å². The molecule has 0 atom stereocenters. The van der Waals surface area contributed by atoms with Crippen LogP contribution < -0.4 is 15.4 Å². The Morgan fingerprint density at radius 1 is 1.09 bits per heavy atom. The van der Waals surface area contributed by atoms with Gasteiger partial charge in [-0.05, 0) is 51.0 Å². The van der Waals surface area contributed by atoms with Crippen LogP contribution in [0.15, 0.2) is 30.5 Å². The number of carbonyl (C=O) groups excluding carboxylic acids is 3. The molecular weight excluding hydrogens is 438 g/mol. The quantitative estimate of drug-likeness (QED) is 0.432. The van der Waals surface area contributed by atoms with Crippen molar-refractivity contribution in [2.24, 2.45) is 0 Å². The topological polar surface area (TPSA) is 135 Å². The van der Waals surface area contributed by atoms with Crippen molar-refractivity contribution in [1.82, 2.24) is 20.5 Å². The van der Waals surface area contributed by atoms with Crippen molar-refractivity contribution in [2.45, 2.75) is 45.6 Å². The normalized spacial score (nSPS) is 11.2. The fraction of sp³-hybridized carbons (Fsp3) is 0.375. The van der Waals surface area contributed by atoms with Crippen LogP contribution in [0, 0.1) is 0 Å². The molecule has 0 bridgehead atoms. The molecule has 0 saturated heterocycles. The lowest BCUT2D eigenvalue weighted by molar-refractivity contribution is -0.154. The van der Waals surface area contributed by atoms with Gasteiger partial charge in [0.15, 0.2) is 5.69 Å². The summed E-state index contributed by atoms with van der Waals surface area (Å²) in [7, 11) is 3.02. The number of H-pyrrole nitrogens is 1. The minimum atomic E-state index is -0.554. The highest BCUT2D eigenvalue weighted by molar-refractivity contribution is 6.05. The lowest BCUT2D eigenvalue weighted by atomic mass is 10.0. The number of hydrogen-bond acceptors (Lipinski definition) is 7. The molecular formula is C24H29N5O5. The van der Waals surface area contributed by atoms with Crippen molar-refractivity contribution in [3.8, 4) is 17.0 Å². The molecule has 2 aromatic heterocycles. The van der Waals surface area contributed by atoms with Gasteiger partial charge in [0.1, 0.15) is 11.3 Å². The van der Waals surface area contributed by atoms with E-state index in [-0.39, 0.29) is 36.5 Å². The third kappa shape index (κ3) is 6.09. The van der Waals surface area contributed by atoms with Crippen molar-refractivity contribution in [3.05, 3.63) is 36.2 Å². The first kappa shape index (κ1) is 24.7. The predicted octanol–water partition coefficient (Wildman–Crippen LogP) is 3.44. The molecule has 2 heterocycles. The van der Waals surface area contributed by atoms with Crippen molar-refractivity contribution in [3.63, 3.8) is 0 Å². The molecule has 180 valence electrons. The summed E-state index contributed by atoms with van der Waals surface area (Å²) in [5, 5.41) is 13.0. The smallest absolute Gasteiger partial charge is 0.306 e. The number of aromatic amines is 1. The molecule has 10 heteroatoms. The minimum absolute atomic E-state index is 0.148. The first-order valence-electron chi connectivity index (χ1n) is 10.9. The number of pyridine rings is 1.